The molecule has 0 saturated carbocycles. The molecule has 1 rings (SSSR count). The minimum Gasteiger partial charge on any atom is -0.383 e. The molecule has 0 aliphatic rings. The molecule has 7 heteroatoms. The second-order valence-electron chi connectivity index (χ2n) is 4.46. The summed E-state index contributed by atoms with van der Waals surface area (Å²) in [4.78, 5) is 14.0. The van der Waals surface area contributed by atoms with Gasteiger partial charge < -0.3 is 9.64 Å². The van der Waals surface area contributed by atoms with E-state index in [9.17, 15) is 13.2 Å². The third-order valence-corrected chi connectivity index (χ3v) is 3.90. The summed E-state index contributed by atoms with van der Waals surface area (Å²) in [5.41, 5.74) is 0.419. The molecule has 6 nitrogen and oxygen atoms in total. The topological polar surface area (TPSA) is 89.7 Å². The number of likely N-dealkylation sites (N-methyl/N-ethyl adjacent to an activating group) is 1. The van der Waals surface area contributed by atoms with E-state index in [4.69, 9.17) is 9.88 Å². The Bertz CT molecular complexity index is 554. The van der Waals surface area contributed by atoms with Crippen LogP contribution in [0.4, 0.5) is 0 Å². The summed E-state index contributed by atoms with van der Waals surface area (Å²) in [7, 11) is -2.16. The summed E-state index contributed by atoms with van der Waals surface area (Å²) in [5.74, 6) is -0.169. The molecule has 1 amide bonds. The standard InChI is InChI=1S/C13H20N2O4S/c1-4-15(10(2)9-19-3)13(16)11-5-7-12(8-6-11)20(14,17)18/h5-8,10H,4,9H2,1-3H3,(H2,14,17,18). The molecule has 1 aromatic rings. The van der Waals surface area contributed by atoms with Crippen molar-refractivity contribution in [1.82, 2.24) is 4.90 Å². The normalized spacial score (nSPS) is 13.0. The lowest BCUT2D eigenvalue weighted by Gasteiger charge is -2.27. The van der Waals surface area contributed by atoms with Crippen LogP contribution in [0.1, 0.15) is 24.2 Å². The molecule has 0 bridgehead atoms. The molecule has 1 aromatic carbocycles. The van der Waals surface area contributed by atoms with E-state index >= 15 is 0 Å². The number of sulfonamides is 1. The van der Waals surface area contributed by atoms with Crippen LogP contribution in [0.5, 0.6) is 0 Å². The first-order valence-corrected chi connectivity index (χ1v) is 7.78. The molecule has 20 heavy (non-hydrogen) atoms. The number of nitrogens with zero attached hydrogens (tertiary/aromatic N) is 1. The molecule has 0 aliphatic carbocycles. The molecule has 0 heterocycles. The number of primary sulfonamides is 1. The molecule has 0 fully saturated rings. The minimum atomic E-state index is -3.74. The van der Waals surface area contributed by atoms with Crippen molar-refractivity contribution in [2.75, 3.05) is 20.3 Å². The van der Waals surface area contributed by atoms with Gasteiger partial charge in [-0.2, -0.15) is 0 Å². The quantitative estimate of drug-likeness (QED) is 0.842. The molecule has 1 atom stereocenters. The Kier molecular flexibility index (Phi) is 5.67. The minimum absolute atomic E-state index is 0.0120. The van der Waals surface area contributed by atoms with Crippen molar-refractivity contribution in [3.63, 3.8) is 0 Å². The van der Waals surface area contributed by atoms with Crippen molar-refractivity contribution in [3.05, 3.63) is 29.8 Å². The summed E-state index contributed by atoms with van der Waals surface area (Å²) in [6, 6.07) is 5.53. The van der Waals surface area contributed by atoms with Gasteiger partial charge in [0.2, 0.25) is 10.0 Å². The highest BCUT2D eigenvalue weighted by Crippen LogP contribution is 2.12. The van der Waals surface area contributed by atoms with Crippen molar-refractivity contribution >= 4 is 15.9 Å². The zero-order valence-corrected chi connectivity index (χ0v) is 12.7. The van der Waals surface area contributed by atoms with Crippen LogP contribution in [0.25, 0.3) is 0 Å². The van der Waals surface area contributed by atoms with Gasteiger partial charge in [-0.15, -0.1) is 0 Å². The Labute approximate surface area is 119 Å². The first kappa shape index (κ1) is 16.6. The predicted octanol–water partition coefficient (Wildman–Crippen LogP) is 0.831. The van der Waals surface area contributed by atoms with Gasteiger partial charge in [0.25, 0.3) is 5.91 Å². The van der Waals surface area contributed by atoms with Gasteiger partial charge in [0, 0.05) is 19.2 Å². The number of amides is 1. The molecule has 1 unspecified atom stereocenters. The summed E-state index contributed by atoms with van der Waals surface area (Å²) >= 11 is 0. The molecule has 0 aliphatic heterocycles. The number of hydrogen-bond acceptors (Lipinski definition) is 4. The molecule has 0 radical (unpaired) electrons. The van der Waals surface area contributed by atoms with Gasteiger partial charge in [0.05, 0.1) is 17.5 Å². The van der Waals surface area contributed by atoms with Gasteiger partial charge in [-0.3, -0.25) is 4.79 Å². The van der Waals surface area contributed by atoms with Gasteiger partial charge in [0.1, 0.15) is 0 Å². The van der Waals surface area contributed by atoms with Crippen LogP contribution in [-0.2, 0) is 14.8 Å². The summed E-state index contributed by atoms with van der Waals surface area (Å²) in [6.07, 6.45) is 0. The SMILES string of the molecule is CCN(C(=O)c1ccc(S(N)(=O)=O)cc1)C(C)COC. The maximum Gasteiger partial charge on any atom is 0.254 e. The number of carbonyl (C=O) groups excluding carboxylic acids is 1. The van der Waals surface area contributed by atoms with Gasteiger partial charge >= 0.3 is 0 Å². The van der Waals surface area contributed by atoms with E-state index in [1.807, 2.05) is 13.8 Å². The van der Waals surface area contributed by atoms with E-state index in [0.29, 0.717) is 18.7 Å². The van der Waals surface area contributed by atoms with E-state index in [-0.39, 0.29) is 16.8 Å². The molecule has 0 saturated heterocycles. The van der Waals surface area contributed by atoms with Crippen LogP contribution in [-0.4, -0.2) is 45.5 Å². The van der Waals surface area contributed by atoms with Crippen LogP contribution in [0.15, 0.2) is 29.2 Å². The fourth-order valence-corrected chi connectivity index (χ4v) is 2.46. The lowest BCUT2D eigenvalue weighted by atomic mass is 10.1. The highest BCUT2D eigenvalue weighted by Gasteiger charge is 2.20. The Morgan fingerprint density at radius 3 is 2.30 bits per heavy atom. The van der Waals surface area contributed by atoms with E-state index in [2.05, 4.69) is 0 Å². The highest BCUT2D eigenvalue weighted by atomic mass is 32.2. The number of hydrogen-bond donors (Lipinski definition) is 1. The second-order valence-corrected chi connectivity index (χ2v) is 6.03. The van der Waals surface area contributed by atoms with Crippen molar-refractivity contribution in [3.8, 4) is 0 Å². The zero-order chi connectivity index (χ0) is 15.3. The first-order valence-electron chi connectivity index (χ1n) is 6.24. The van der Waals surface area contributed by atoms with E-state index < -0.39 is 10.0 Å². The third-order valence-electron chi connectivity index (χ3n) is 2.97. The smallest absolute Gasteiger partial charge is 0.254 e. The number of ether oxygens (including phenoxy) is 1. The maximum atomic E-state index is 12.3. The third kappa shape index (κ3) is 4.03. The fourth-order valence-electron chi connectivity index (χ4n) is 1.94. The summed E-state index contributed by atoms with van der Waals surface area (Å²) < 4.78 is 27.4. The van der Waals surface area contributed by atoms with Crippen LogP contribution in [0.2, 0.25) is 0 Å². The van der Waals surface area contributed by atoms with Crippen molar-refractivity contribution < 1.29 is 17.9 Å². The first-order chi connectivity index (χ1) is 9.31. The fraction of sp³-hybridized carbons (Fsp3) is 0.462. The summed E-state index contributed by atoms with van der Waals surface area (Å²) in [6.45, 7) is 4.75. The summed E-state index contributed by atoms with van der Waals surface area (Å²) in [5, 5.41) is 5.02. The molecule has 2 N–H and O–H groups in total. The van der Waals surface area contributed by atoms with Crippen LogP contribution in [0, 0.1) is 0 Å². The Balaban J connectivity index is 2.96. The predicted molar refractivity (Wildman–Crippen MR) is 75.9 cm³/mol. The monoisotopic (exact) mass is 300 g/mol. The molecular weight excluding hydrogens is 280 g/mol. The molecular formula is C13H20N2O4S. The largest absolute Gasteiger partial charge is 0.383 e. The zero-order valence-electron chi connectivity index (χ0n) is 11.9. The molecule has 112 valence electrons. The van der Waals surface area contributed by atoms with Crippen molar-refractivity contribution in [2.24, 2.45) is 5.14 Å². The maximum absolute atomic E-state index is 12.3. The average Bonchev–Trinajstić information content (AvgIpc) is 2.39. The van der Waals surface area contributed by atoms with Crippen LogP contribution in [0.3, 0.4) is 0 Å². The lowest BCUT2D eigenvalue weighted by Crippen LogP contribution is -2.40. The molecule has 0 spiro atoms. The highest BCUT2D eigenvalue weighted by molar-refractivity contribution is 7.89. The van der Waals surface area contributed by atoms with Crippen LogP contribution >= 0.6 is 0 Å². The number of rotatable bonds is 6. The van der Waals surface area contributed by atoms with Gasteiger partial charge in [-0.05, 0) is 38.1 Å². The van der Waals surface area contributed by atoms with E-state index in [1.165, 1.54) is 24.3 Å². The molecule has 0 aromatic heterocycles. The van der Waals surface area contributed by atoms with Crippen molar-refractivity contribution in [1.29, 1.82) is 0 Å². The van der Waals surface area contributed by atoms with Crippen molar-refractivity contribution in [2.45, 2.75) is 24.8 Å². The van der Waals surface area contributed by atoms with E-state index in [0.717, 1.165) is 0 Å². The number of carbonyl (C=O) groups is 1. The average molecular weight is 300 g/mol. The number of nitrogens with two attached hydrogens (primary N) is 1. The van der Waals surface area contributed by atoms with Crippen LogP contribution < -0.4 is 5.14 Å². The van der Waals surface area contributed by atoms with E-state index in [1.54, 1.807) is 12.0 Å². The Morgan fingerprint density at radius 1 is 1.35 bits per heavy atom. The Morgan fingerprint density at radius 2 is 1.90 bits per heavy atom. The number of benzene rings is 1. The second kappa shape index (κ2) is 6.83. The van der Waals surface area contributed by atoms with Gasteiger partial charge in [0.15, 0.2) is 0 Å². The van der Waals surface area contributed by atoms with Gasteiger partial charge in [-0.1, -0.05) is 0 Å². The van der Waals surface area contributed by atoms with Gasteiger partial charge in [-0.25, -0.2) is 13.6 Å². The lowest BCUT2D eigenvalue weighted by molar-refractivity contribution is 0.0579. The number of methoxy groups -OCH3 is 1. The Hall–Kier alpha value is -1.44.